The summed E-state index contributed by atoms with van der Waals surface area (Å²) >= 11 is 0. The Kier molecular flexibility index (Phi) is 6.15. The Morgan fingerprint density at radius 2 is 1.20 bits per heavy atom. The fraction of sp³-hybridized carbons (Fsp3) is 0.562. The number of benzene rings is 1. The van der Waals surface area contributed by atoms with Gasteiger partial charge in [-0.3, -0.25) is 0 Å². The summed E-state index contributed by atoms with van der Waals surface area (Å²) in [5, 5.41) is 9.50. The maximum absolute atomic E-state index is 9.50. The maximum atomic E-state index is 9.50. The quantitative estimate of drug-likeness (QED) is 0.791. The molecule has 4 nitrogen and oxygen atoms in total. The minimum atomic E-state index is 0.796. The second-order valence-corrected chi connectivity index (χ2v) is 6.11. The van der Waals surface area contributed by atoms with E-state index in [-0.39, 0.29) is 0 Å². The summed E-state index contributed by atoms with van der Waals surface area (Å²) in [6.07, 6.45) is 0. The lowest BCUT2D eigenvalue weighted by Gasteiger charge is -2.19. The van der Waals surface area contributed by atoms with Crippen LogP contribution in [0.2, 0.25) is 0 Å². The SMILES string of the molecule is CN(C)Cc1cc(CN(C)C)c(C#N)c(CN(C)C)c1. The van der Waals surface area contributed by atoms with Gasteiger partial charge in [-0.2, -0.15) is 5.26 Å². The smallest absolute Gasteiger partial charge is 0.0998 e. The Bertz CT molecular complexity index is 453. The van der Waals surface area contributed by atoms with Crippen LogP contribution < -0.4 is 0 Å². The van der Waals surface area contributed by atoms with E-state index >= 15 is 0 Å². The van der Waals surface area contributed by atoms with Crippen LogP contribution in [0, 0.1) is 11.3 Å². The highest BCUT2D eigenvalue weighted by Crippen LogP contribution is 2.20. The molecule has 0 aliphatic carbocycles. The maximum Gasteiger partial charge on any atom is 0.0998 e. The Balaban J connectivity index is 3.27. The van der Waals surface area contributed by atoms with Crippen molar-refractivity contribution in [3.8, 4) is 6.07 Å². The molecule has 0 spiro atoms. The van der Waals surface area contributed by atoms with E-state index in [4.69, 9.17) is 0 Å². The highest BCUT2D eigenvalue weighted by atomic mass is 15.1. The first kappa shape index (κ1) is 16.6. The molecule has 0 amide bonds. The van der Waals surface area contributed by atoms with Crippen LogP contribution in [0.4, 0.5) is 0 Å². The van der Waals surface area contributed by atoms with Gasteiger partial charge in [-0.1, -0.05) is 12.1 Å². The third-order valence-electron chi connectivity index (χ3n) is 2.95. The standard InChI is InChI=1S/C16H26N4/c1-18(2)10-13-7-14(11-19(3)4)16(9-17)15(8-13)12-20(5)6/h7-8H,10-12H2,1-6H3. The zero-order valence-electron chi connectivity index (χ0n) is 13.6. The lowest BCUT2D eigenvalue weighted by Crippen LogP contribution is -2.18. The molecule has 20 heavy (non-hydrogen) atoms. The van der Waals surface area contributed by atoms with E-state index in [0.29, 0.717) is 0 Å². The molecule has 0 atom stereocenters. The van der Waals surface area contributed by atoms with Gasteiger partial charge in [-0.05, 0) is 59.0 Å². The summed E-state index contributed by atoms with van der Waals surface area (Å²) < 4.78 is 0. The molecule has 0 bridgehead atoms. The van der Waals surface area contributed by atoms with Crippen LogP contribution in [-0.4, -0.2) is 57.0 Å². The molecule has 0 aliphatic rings. The van der Waals surface area contributed by atoms with Crippen molar-refractivity contribution in [2.24, 2.45) is 0 Å². The molecule has 1 aromatic rings. The fourth-order valence-corrected chi connectivity index (χ4v) is 2.37. The van der Waals surface area contributed by atoms with Gasteiger partial charge in [0.25, 0.3) is 0 Å². The number of nitriles is 1. The Labute approximate surface area is 123 Å². The number of nitrogens with zero attached hydrogens (tertiary/aromatic N) is 4. The molecule has 1 aromatic carbocycles. The predicted octanol–water partition coefficient (Wildman–Crippen LogP) is 1.74. The van der Waals surface area contributed by atoms with Crippen LogP contribution in [0.25, 0.3) is 0 Å². The molecule has 0 aromatic heterocycles. The van der Waals surface area contributed by atoms with Gasteiger partial charge in [-0.25, -0.2) is 0 Å². The van der Waals surface area contributed by atoms with Crippen molar-refractivity contribution in [2.75, 3.05) is 42.3 Å². The first-order chi connectivity index (χ1) is 9.33. The van der Waals surface area contributed by atoms with E-state index in [0.717, 1.165) is 36.3 Å². The summed E-state index contributed by atoms with van der Waals surface area (Å²) in [7, 11) is 12.3. The summed E-state index contributed by atoms with van der Waals surface area (Å²) in [5.74, 6) is 0. The van der Waals surface area contributed by atoms with Gasteiger partial charge < -0.3 is 14.7 Å². The minimum absolute atomic E-state index is 0.796. The zero-order chi connectivity index (χ0) is 15.3. The van der Waals surface area contributed by atoms with Crippen LogP contribution >= 0.6 is 0 Å². The number of hydrogen-bond acceptors (Lipinski definition) is 4. The highest BCUT2D eigenvalue weighted by molar-refractivity contribution is 5.47. The van der Waals surface area contributed by atoms with Crippen molar-refractivity contribution < 1.29 is 0 Å². The summed E-state index contributed by atoms with van der Waals surface area (Å²) in [5.41, 5.74) is 4.33. The molecular formula is C16H26N4. The first-order valence-corrected chi connectivity index (χ1v) is 6.82. The minimum Gasteiger partial charge on any atom is -0.305 e. The van der Waals surface area contributed by atoms with Crippen LogP contribution in [0.1, 0.15) is 22.3 Å². The van der Waals surface area contributed by atoms with Crippen LogP contribution in [0.15, 0.2) is 12.1 Å². The van der Waals surface area contributed by atoms with Crippen molar-refractivity contribution in [3.05, 3.63) is 34.4 Å². The normalized spacial score (nSPS) is 11.4. The molecular weight excluding hydrogens is 248 g/mol. The third-order valence-corrected chi connectivity index (χ3v) is 2.95. The van der Waals surface area contributed by atoms with E-state index < -0.39 is 0 Å². The number of rotatable bonds is 6. The molecule has 0 aliphatic heterocycles. The molecule has 4 heteroatoms. The van der Waals surface area contributed by atoms with Crippen molar-refractivity contribution in [1.82, 2.24) is 14.7 Å². The Morgan fingerprint density at radius 3 is 1.50 bits per heavy atom. The predicted molar refractivity (Wildman–Crippen MR) is 83.3 cm³/mol. The zero-order valence-corrected chi connectivity index (χ0v) is 13.6. The van der Waals surface area contributed by atoms with Crippen molar-refractivity contribution in [2.45, 2.75) is 19.6 Å². The van der Waals surface area contributed by atoms with E-state index in [1.54, 1.807) is 0 Å². The second-order valence-electron chi connectivity index (χ2n) is 6.11. The van der Waals surface area contributed by atoms with Gasteiger partial charge in [0.1, 0.15) is 0 Å². The van der Waals surface area contributed by atoms with E-state index in [1.807, 2.05) is 28.2 Å². The molecule has 1 rings (SSSR count). The highest BCUT2D eigenvalue weighted by Gasteiger charge is 2.12. The van der Waals surface area contributed by atoms with Crippen molar-refractivity contribution in [1.29, 1.82) is 5.26 Å². The van der Waals surface area contributed by atoms with Gasteiger partial charge in [0.05, 0.1) is 11.6 Å². The Morgan fingerprint density at radius 1 is 0.800 bits per heavy atom. The van der Waals surface area contributed by atoms with Gasteiger partial charge in [-0.15, -0.1) is 0 Å². The topological polar surface area (TPSA) is 33.5 Å². The van der Waals surface area contributed by atoms with Crippen LogP contribution in [0.3, 0.4) is 0 Å². The summed E-state index contributed by atoms with van der Waals surface area (Å²) in [4.78, 5) is 6.37. The molecule has 110 valence electrons. The summed E-state index contributed by atoms with van der Waals surface area (Å²) in [6.45, 7) is 2.49. The van der Waals surface area contributed by atoms with Gasteiger partial charge in [0.2, 0.25) is 0 Å². The molecule has 0 saturated heterocycles. The van der Waals surface area contributed by atoms with Crippen molar-refractivity contribution in [3.63, 3.8) is 0 Å². The second kappa shape index (κ2) is 7.39. The van der Waals surface area contributed by atoms with Gasteiger partial charge in [0.15, 0.2) is 0 Å². The van der Waals surface area contributed by atoms with E-state index in [2.05, 4.69) is 47.0 Å². The monoisotopic (exact) mass is 274 g/mol. The van der Waals surface area contributed by atoms with Gasteiger partial charge >= 0.3 is 0 Å². The largest absolute Gasteiger partial charge is 0.305 e. The lowest BCUT2D eigenvalue weighted by atomic mass is 9.97. The lowest BCUT2D eigenvalue weighted by molar-refractivity contribution is 0.388. The molecule has 0 fully saturated rings. The van der Waals surface area contributed by atoms with Crippen molar-refractivity contribution >= 4 is 0 Å². The molecule has 0 unspecified atom stereocenters. The molecule has 0 saturated carbocycles. The molecule has 0 radical (unpaired) electrons. The average molecular weight is 274 g/mol. The average Bonchev–Trinajstić information content (AvgIpc) is 2.26. The molecule has 0 heterocycles. The van der Waals surface area contributed by atoms with Crippen LogP contribution in [0.5, 0.6) is 0 Å². The number of hydrogen-bond donors (Lipinski definition) is 0. The van der Waals surface area contributed by atoms with Crippen LogP contribution in [-0.2, 0) is 19.6 Å². The third kappa shape index (κ3) is 4.93. The fourth-order valence-electron chi connectivity index (χ4n) is 2.37. The van der Waals surface area contributed by atoms with E-state index in [1.165, 1.54) is 5.56 Å². The summed E-state index contributed by atoms with van der Waals surface area (Å²) in [6, 6.07) is 6.72. The molecule has 0 N–H and O–H groups in total. The van der Waals surface area contributed by atoms with E-state index in [9.17, 15) is 5.26 Å². The van der Waals surface area contributed by atoms with Gasteiger partial charge in [0, 0.05) is 19.6 Å². The Hall–Kier alpha value is -1.41. The first-order valence-electron chi connectivity index (χ1n) is 6.82.